The van der Waals surface area contributed by atoms with Gasteiger partial charge in [0.15, 0.2) is 45.9 Å². The van der Waals surface area contributed by atoms with Crippen molar-refractivity contribution in [2.75, 3.05) is 70.0 Å². The van der Waals surface area contributed by atoms with Crippen molar-refractivity contribution in [3.63, 3.8) is 0 Å². The summed E-state index contributed by atoms with van der Waals surface area (Å²) in [6.45, 7) is 3.85. The molecule has 20 rings (SSSR count). The van der Waals surface area contributed by atoms with Crippen molar-refractivity contribution in [2.24, 2.45) is 33.9 Å². The number of fused-ring (bicyclic) bond motifs is 5. The average Bonchev–Trinajstić information content (AvgIpc) is 1.64. The summed E-state index contributed by atoms with van der Waals surface area (Å²) >= 11 is 0. The number of piperidine rings is 1. The van der Waals surface area contributed by atoms with Crippen LogP contribution < -0.4 is 47.9 Å². The number of aromatic nitrogens is 24. The quantitative estimate of drug-likeness (QED) is 0.0321. The van der Waals surface area contributed by atoms with E-state index < -0.39 is 0 Å². The highest BCUT2D eigenvalue weighted by Crippen LogP contribution is 2.35. The van der Waals surface area contributed by atoms with E-state index in [0.717, 1.165) is 166 Å². The molecule has 2 aliphatic heterocycles. The molecule has 34 heteroatoms. The van der Waals surface area contributed by atoms with Crippen LogP contribution in [0, 0.1) is 0 Å². The molecule has 1 aliphatic carbocycles. The molecule has 15 aromatic heterocycles. The fraction of sp³-hybridized carbons (Fsp3) is 0.218. The number of pyridine rings is 2. The Kier molecular flexibility index (Phi) is 19.3. The van der Waals surface area contributed by atoms with Gasteiger partial charge in [0.05, 0.1) is 102 Å². The number of aromatic hydroxyl groups is 1. The first kappa shape index (κ1) is 70.6. The Balaban J connectivity index is 0.000000108. The maximum Gasteiger partial charge on any atom is 0.180 e. The molecule has 112 heavy (non-hydrogen) atoms. The Morgan fingerprint density at radius 2 is 0.884 bits per heavy atom. The number of hydrogen-bond donors (Lipinski definition) is 9. The van der Waals surface area contributed by atoms with Crippen LogP contribution in [0.15, 0.2) is 209 Å². The molecule has 11 N–H and O–H groups in total. The third-order valence-corrected chi connectivity index (χ3v) is 20.1. The SMILES string of the molecule is CNC1CCN(c2ccc(Nc3nccn4c(-c5cnn(C)c5)cnc34)cn2)CC1.Cn1cc(-c2cnc3c(NC4Cc5ccc(N)cc5C4)nccn23)cn1.Cn1cc(-c2cnc3c(Nc4ccc(N5CC[C@H](N)C5)nc4)nccn23)cn1.Cn1cc(-c2cnc3c(Nc4ccc(O)c(-c5ccn[nH]5)c4)nccn23)cn1. The summed E-state index contributed by atoms with van der Waals surface area (Å²) in [6.07, 6.45) is 47.6. The van der Waals surface area contributed by atoms with Crippen molar-refractivity contribution in [3.05, 3.63) is 220 Å². The number of nitrogens with two attached hydrogens (primary N) is 2. The third kappa shape index (κ3) is 14.9. The highest BCUT2D eigenvalue weighted by molar-refractivity contribution is 5.80. The number of phenols is 1. The van der Waals surface area contributed by atoms with Gasteiger partial charge in [-0.2, -0.15) is 25.5 Å². The van der Waals surface area contributed by atoms with E-state index in [4.69, 9.17) is 11.5 Å². The van der Waals surface area contributed by atoms with Gasteiger partial charge in [0.1, 0.15) is 17.4 Å². The lowest BCUT2D eigenvalue weighted by Crippen LogP contribution is -2.41. The molecule has 2 saturated heterocycles. The van der Waals surface area contributed by atoms with Crippen LogP contribution >= 0.6 is 0 Å². The monoisotopic (exact) mass is 1500 g/mol. The zero-order valence-electron chi connectivity index (χ0n) is 62.0. The Labute approximate surface area is 641 Å². The van der Waals surface area contributed by atoms with Crippen molar-refractivity contribution in [3.8, 4) is 62.0 Å². The maximum absolute atomic E-state index is 10.2. The minimum absolute atomic E-state index is 0.167. The van der Waals surface area contributed by atoms with Gasteiger partial charge in [0.2, 0.25) is 0 Å². The first-order chi connectivity index (χ1) is 54.7. The van der Waals surface area contributed by atoms with Crippen molar-refractivity contribution >= 4 is 80.2 Å². The van der Waals surface area contributed by atoms with Crippen molar-refractivity contribution in [2.45, 2.75) is 50.2 Å². The predicted octanol–water partition coefficient (Wildman–Crippen LogP) is 9.52. The van der Waals surface area contributed by atoms with Gasteiger partial charge in [0.25, 0.3) is 0 Å². The lowest BCUT2D eigenvalue weighted by molar-refractivity contribution is 0.441. The van der Waals surface area contributed by atoms with Gasteiger partial charge >= 0.3 is 0 Å². The molecule has 17 heterocycles. The van der Waals surface area contributed by atoms with Gasteiger partial charge in [0, 0.05) is 192 Å². The minimum Gasteiger partial charge on any atom is -0.507 e. The molecule has 0 amide bonds. The second-order valence-corrected chi connectivity index (χ2v) is 27.8. The lowest BCUT2D eigenvalue weighted by atomic mass is 10.1. The number of nitrogens with one attached hydrogen (secondary N) is 6. The number of imidazole rings is 4. The number of phenolic OH excluding ortho intramolecular Hbond substituents is 1. The van der Waals surface area contributed by atoms with E-state index in [1.54, 1.807) is 80.3 Å². The zero-order valence-corrected chi connectivity index (χ0v) is 62.0. The lowest BCUT2D eigenvalue weighted by Gasteiger charge is -2.32. The van der Waals surface area contributed by atoms with E-state index in [1.165, 1.54) is 11.1 Å². The number of nitrogens with zero attached hydrogens (tertiary/aromatic N) is 25. The highest BCUT2D eigenvalue weighted by atomic mass is 16.3. The Morgan fingerprint density at radius 1 is 0.438 bits per heavy atom. The molecule has 17 aromatic rings. The number of aromatic amines is 1. The largest absolute Gasteiger partial charge is 0.507 e. The topological polar surface area (TPSA) is 385 Å². The van der Waals surface area contributed by atoms with Gasteiger partial charge in [-0.1, -0.05) is 6.07 Å². The second-order valence-electron chi connectivity index (χ2n) is 27.8. The maximum atomic E-state index is 10.2. The van der Waals surface area contributed by atoms with Crippen LogP contribution in [0.25, 0.3) is 78.9 Å². The third-order valence-electron chi connectivity index (χ3n) is 20.1. The van der Waals surface area contributed by atoms with Crippen LogP contribution in [0.4, 0.5) is 57.7 Å². The summed E-state index contributed by atoms with van der Waals surface area (Å²) < 4.78 is 15.1. The summed E-state index contributed by atoms with van der Waals surface area (Å²) in [6, 6.07) is 22.5. The number of H-pyrrole nitrogens is 1. The molecule has 2 atom stereocenters. The molecule has 564 valence electrons. The van der Waals surface area contributed by atoms with Crippen LogP contribution in [0.1, 0.15) is 30.4 Å². The van der Waals surface area contributed by atoms with E-state index in [-0.39, 0.29) is 11.8 Å². The summed E-state index contributed by atoms with van der Waals surface area (Å²) in [4.78, 5) is 49.9. The van der Waals surface area contributed by atoms with E-state index in [2.05, 4.69) is 135 Å². The first-order valence-corrected chi connectivity index (χ1v) is 36.6. The van der Waals surface area contributed by atoms with Crippen LogP contribution in [-0.4, -0.2) is 173 Å². The summed E-state index contributed by atoms with van der Waals surface area (Å²) in [5.74, 6) is 4.91. The normalized spacial score (nSPS) is 14.8. The molecule has 1 unspecified atom stereocenters. The van der Waals surface area contributed by atoms with E-state index in [1.807, 2.05) is 182 Å². The number of aryl methyl sites for hydroxylation is 4. The predicted molar refractivity (Wildman–Crippen MR) is 430 cm³/mol. The molecule has 34 nitrogen and oxygen atoms in total. The fourth-order valence-electron chi connectivity index (χ4n) is 14.4. The molecule has 2 aromatic carbocycles. The van der Waals surface area contributed by atoms with E-state index in [9.17, 15) is 5.11 Å². The molecule has 0 saturated carbocycles. The first-order valence-electron chi connectivity index (χ1n) is 36.6. The number of nitrogen functional groups attached to an aromatic ring is 1. The minimum atomic E-state index is 0.167. The number of rotatable bonds is 16. The molecule has 0 bridgehead atoms. The Morgan fingerprint density at radius 3 is 1.31 bits per heavy atom. The smallest absolute Gasteiger partial charge is 0.180 e. The van der Waals surface area contributed by atoms with Crippen LogP contribution in [-0.2, 0) is 41.0 Å². The van der Waals surface area contributed by atoms with Crippen LogP contribution in [0.3, 0.4) is 0 Å². The van der Waals surface area contributed by atoms with Gasteiger partial charge in [-0.15, -0.1) is 0 Å². The fourth-order valence-corrected chi connectivity index (χ4v) is 14.4. The summed E-state index contributed by atoms with van der Waals surface area (Å²) in [5.41, 5.74) is 30.2. The van der Waals surface area contributed by atoms with Gasteiger partial charge in [-0.05, 0) is 111 Å². The molecule has 0 radical (unpaired) electrons. The van der Waals surface area contributed by atoms with Gasteiger partial charge < -0.3 is 53.0 Å². The van der Waals surface area contributed by atoms with Crippen LogP contribution in [0.5, 0.6) is 5.75 Å². The number of anilines is 10. The van der Waals surface area contributed by atoms with Crippen molar-refractivity contribution in [1.29, 1.82) is 0 Å². The standard InChI is InChI=1S/C21H25N9.C19H21N9.C19H16N8O.C19H19N7/c1-22-16-5-8-29(9-6-16)19-4-3-17(12-24-19)27-20-21-25-13-18(30(21)10-7-23-20)15-11-26-28(2)14-15;1-26-11-13(8-24-26)16-10-23-19-18(21-5-7-28(16)19)25-15-2-3-17(22-9-15)27-6-4-14(20)12-27;1-26-11-12(9-23-26)16-10-21-19-18(20-6-7-27(16)19)24-13-2-3-17(28)14(8-13)15-4-5-22-25-15;1-25-11-14(9-23-25)17-10-22-19-18(21-4-5-26(17)19)24-16-7-12-2-3-15(20)6-13(12)8-16/h3-4,7,10-14,16,22H,5-6,8-9H2,1-2H3,(H,23,27);2-3,5,7-11,14H,4,6,12,20H2,1H3,(H,21,25);2-11,28H,1H3,(H,20,24)(H,22,25);2-6,9-11,16H,7-8,20H2,1H3,(H,21,24)/t;14-;;/m.0../s1. The van der Waals surface area contributed by atoms with Gasteiger partial charge in [-0.25, -0.2) is 49.8 Å². The van der Waals surface area contributed by atoms with Crippen molar-refractivity contribution < 1.29 is 5.11 Å². The van der Waals surface area contributed by atoms with E-state index in [0.29, 0.717) is 40.7 Å². The zero-order chi connectivity index (χ0) is 76.3. The molecule has 3 aliphatic rings. The van der Waals surface area contributed by atoms with Crippen molar-refractivity contribution in [1.82, 2.24) is 122 Å². The Hall–Kier alpha value is -14.4. The average molecular weight is 1500 g/mol. The molecular formula is C78H81N33O. The molecule has 0 spiro atoms. The molecular weight excluding hydrogens is 1420 g/mol. The second kappa shape index (κ2) is 30.7. The van der Waals surface area contributed by atoms with Gasteiger partial charge in [-0.3, -0.25) is 41.4 Å². The summed E-state index contributed by atoms with van der Waals surface area (Å²) in [7, 11) is 9.62. The number of hydrogen-bond acceptors (Lipinski definition) is 25. The van der Waals surface area contributed by atoms with Crippen LogP contribution in [0.2, 0.25) is 0 Å². The molecule has 2 fully saturated rings. The summed E-state index contributed by atoms with van der Waals surface area (Å²) in [5, 5.41) is 50.8. The highest BCUT2D eigenvalue weighted by Gasteiger charge is 2.26. The Bertz CT molecular complexity index is 6110. The van der Waals surface area contributed by atoms with E-state index >= 15 is 0 Å². The number of benzene rings is 2.